The molecule has 2 aromatic carbocycles. The van der Waals surface area contributed by atoms with E-state index in [1.807, 2.05) is 0 Å². The fraction of sp³-hybridized carbons (Fsp3) is 0.559. The van der Waals surface area contributed by atoms with Gasteiger partial charge in [0, 0.05) is 11.1 Å². The van der Waals surface area contributed by atoms with Gasteiger partial charge in [0.25, 0.3) is 0 Å². The van der Waals surface area contributed by atoms with E-state index in [0.717, 1.165) is 41.2 Å². The third kappa shape index (κ3) is 5.84. The van der Waals surface area contributed by atoms with Gasteiger partial charge in [0.1, 0.15) is 12.0 Å². The number of benzene rings is 2. The summed E-state index contributed by atoms with van der Waals surface area (Å²) in [6.07, 6.45) is 7.28. The molecule has 0 aliphatic heterocycles. The van der Waals surface area contributed by atoms with Crippen molar-refractivity contribution in [1.29, 1.82) is 0 Å². The predicted molar refractivity (Wildman–Crippen MR) is 158 cm³/mol. The molecule has 4 saturated carbocycles. The van der Waals surface area contributed by atoms with Crippen LogP contribution < -0.4 is 4.43 Å². The number of aldehydes is 1. The SMILES string of the molecule is C[SiH](C)Oc1c(CC/C=C(\C=O)c2cccc(C(F)(F)F)c2)ccc(C23CC4CC(CC(C4)C2)C3)c1C(C)(C)C. The molecule has 0 amide bonds. The van der Waals surface area contributed by atoms with E-state index in [1.165, 1.54) is 55.7 Å². The molecule has 6 rings (SSSR count). The summed E-state index contributed by atoms with van der Waals surface area (Å²) in [7, 11) is -1.43. The highest BCUT2D eigenvalue weighted by Crippen LogP contribution is 2.62. The predicted octanol–water partition coefficient (Wildman–Crippen LogP) is 9.05. The van der Waals surface area contributed by atoms with Crippen LogP contribution in [0.3, 0.4) is 0 Å². The third-order valence-corrected chi connectivity index (χ3v) is 10.1. The molecule has 0 atom stereocenters. The van der Waals surface area contributed by atoms with E-state index in [4.69, 9.17) is 4.43 Å². The Morgan fingerprint density at radius 1 is 1.00 bits per heavy atom. The molecule has 216 valence electrons. The second-order valence-corrected chi connectivity index (χ2v) is 16.3. The number of hydrogen-bond acceptors (Lipinski definition) is 2. The molecule has 0 aromatic heterocycles. The molecule has 4 fully saturated rings. The van der Waals surface area contributed by atoms with Crippen LogP contribution >= 0.6 is 0 Å². The third-order valence-electron chi connectivity index (χ3n) is 9.38. The van der Waals surface area contributed by atoms with Crippen LogP contribution in [0.15, 0.2) is 42.5 Å². The maximum atomic E-state index is 13.2. The van der Waals surface area contributed by atoms with Gasteiger partial charge in [0.05, 0.1) is 5.56 Å². The highest BCUT2D eigenvalue weighted by molar-refractivity contribution is 6.49. The largest absolute Gasteiger partial charge is 0.547 e. The Balaban J connectivity index is 1.49. The number of aryl methyl sites for hydroxylation is 1. The number of carbonyl (C=O) groups is 1. The fourth-order valence-electron chi connectivity index (χ4n) is 8.31. The van der Waals surface area contributed by atoms with Crippen LogP contribution in [0.4, 0.5) is 13.2 Å². The summed E-state index contributed by atoms with van der Waals surface area (Å²) in [4.78, 5) is 11.9. The lowest BCUT2D eigenvalue weighted by atomic mass is 9.47. The summed E-state index contributed by atoms with van der Waals surface area (Å²) in [6.45, 7) is 11.3. The molecule has 6 heteroatoms. The van der Waals surface area contributed by atoms with Crippen LogP contribution in [0.2, 0.25) is 13.1 Å². The fourth-order valence-corrected chi connectivity index (χ4v) is 9.05. The van der Waals surface area contributed by atoms with Crippen molar-refractivity contribution in [3.05, 3.63) is 70.3 Å². The van der Waals surface area contributed by atoms with Gasteiger partial charge >= 0.3 is 6.18 Å². The van der Waals surface area contributed by atoms with E-state index < -0.39 is 20.8 Å². The molecule has 2 aromatic rings. The zero-order chi connectivity index (χ0) is 28.9. The smallest absolute Gasteiger partial charge is 0.416 e. The summed E-state index contributed by atoms with van der Waals surface area (Å²) >= 11 is 0. The van der Waals surface area contributed by atoms with Gasteiger partial charge in [-0.15, -0.1) is 0 Å². The molecule has 4 aliphatic rings. The molecule has 0 saturated heterocycles. The topological polar surface area (TPSA) is 26.3 Å². The van der Waals surface area contributed by atoms with E-state index in [9.17, 15) is 18.0 Å². The van der Waals surface area contributed by atoms with E-state index >= 15 is 0 Å². The first-order valence-electron chi connectivity index (χ1n) is 15.0. The average molecular weight is 569 g/mol. The lowest BCUT2D eigenvalue weighted by molar-refractivity contribution is -0.137. The lowest BCUT2D eigenvalue weighted by Crippen LogP contribution is -2.49. The summed E-state index contributed by atoms with van der Waals surface area (Å²) < 4.78 is 46.5. The molecule has 2 nitrogen and oxygen atoms in total. The molecule has 0 heterocycles. The van der Waals surface area contributed by atoms with Crippen LogP contribution in [0.5, 0.6) is 5.75 Å². The van der Waals surface area contributed by atoms with Crippen LogP contribution in [-0.2, 0) is 28.2 Å². The van der Waals surface area contributed by atoms with Crippen LogP contribution in [0.25, 0.3) is 5.57 Å². The number of rotatable bonds is 8. The van der Waals surface area contributed by atoms with Crippen molar-refractivity contribution in [2.75, 3.05) is 0 Å². The number of halogens is 3. The minimum Gasteiger partial charge on any atom is -0.547 e. The Kier molecular flexibility index (Phi) is 7.88. The number of allylic oxidation sites excluding steroid dienone is 2. The van der Waals surface area contributed by atoms with Crippen molar-refractivity contribution >= 4 is 20.9 Å². The van der Waals surface area contributed by atoms with Crippen molar-refractivity contribution in [2.45, 2.75) is 102 Å². The van der Waals surface area contributed by atoms with Crippen molar-refractivity contribution in [3.63, 3.8) is 0 Å². The van der Waals surface area contributed by atoms with E-state index in [1.54, 1.807) is 12.1 Å². The monoisotopic (exact) mass is 568 g/mol. The van der Waals surface area contributed by atoms with Crippen LogP contribution in [-0.4, -0.2) is 15.3 Å². The standard InChI is InChI=1S/C34H43F3O2Si/c1-32(2,3)30-29(33-18-22-14-23(19-33)16-24(15-22)20-33)13-12-25(31(30)39-40(4)5)8-6-10-27(21-38)26-9-7-11-28(17-26)34(35,36)37/h7,9-13,17,21-24,40H,6,8,14-16,18-20H2,1-5H3/b27-10+. The van der Waals surface area contributed by atoms with E-state index in [0.29, 0.717) is 24.7 Å². The molecule has 4 aliphatic carbocycles. The molecule has 0 unspecified atom stereocenters. The number of carbonyl (C=O) groups excluding carboxylic acids is 1. The van der Waals surface area contributed by atoms with Gasteiger partial charge in [0.15, 0.2) is 0 Å². The van der Waals surface area contributed by atoms with Crippen molar-refractivity contribution in [2.24, 2.45) is 17.8 Å². The quantitative estimate of drug-likeness (QED) is 0.180. The second-order valence-electron chi connectivity index (χ2n) is 14.0. The first-order valence-corrected chi connectivity index (χ1v) is 17.7. The Labute approximate surface area is 239 Å². The minimum absolute atomic E-state index is 0.0882. The molecular weight excluding hydrogens is 525 g/mol. The van der Waals surface area contributed by atoms with Gasteiger partial charge < -0.3 is 4.43 Å². The number of hydrogen-bond donors (Lipinski definition) is 0. The summed E-state index contributed by atoms with van der Waals surface area (Å²) in [5, 5.41) is 0. The molecule has 40 heavy (non-hydrogen) atoms. The lowest BCUT2D eigenvalue weighted by Gasteiger charge is -2.58. The first-order chi connectivity index (χ1) is 18.8. The second kappa shape index (κ2) is 10.8. The van der Waals surface area contributed by atoms with Crippen LogP contribution in [0.1, 0.15) is 93.5 Å². The minimum atomic E-state index is -4.45. The van der Waals surface area contributed by atoms with Gasteiger partial charge in [-0.25, -0.2) is 0 Å². The van der Waals surface area contributed by atoms with Crippen molar-refractivity contribution in [3.8, 4) is 5.75 Å². The van der Waals surface area contributed by atoms with Gasteiger partial charge in [-0.05, 0) is 122 Å². The molecular formula is C34H43F3O2Si. The Bertz CT molecular complexity index is 1250. The Morgan fingerprint density at radius 3 is 2.15 bits per heavy atom. The van der Waals surface area contributed by atoms with Crippen LogP contribution in [0, 0.1) is 17.8 Å². The maximum Gasteiger partial charge on any atom is 0.416 e. The van der Waals surface area contributed by atoms with E-state index in [-0.39, 0.29) is 16.4 Å². The Hall–Kier alpha value is -2.34. The van der Waals surface area contributed by atoms with E-state index in [2.05, 4.69) is 46.0 Å². The highest BCUT2D eigenvalue weighted by atomic mass is 28.3. The molecule has 4 bridgehead atoms. The summed E-state index contributed by atoms with van der Waals surface area (Å²) in [6, 6.07) is 9.63. The van der Waals surface area contributed by atoms with Gasteiger partial charge in [-0.2, -0.15) is 13.2 Å². The normalized spacial score (nSPS) is 26.4. The van der Waals surface area contributed by atoms with Gasteiger partial charge in [-0.3, -0.25) is 4.79 Å². The highest BCUT2D eigenvalue weighted by Gasteiger charge is 2.53. The summed E-state index contributed by atoms with van der Waals surface area (Å²) in [5.41, 5.74) is 3.98. The molecule has 0 N–H and O–H groups in total. The number of alkyl halides is 3. The van der Waals surface area contributed by atoms with Crippen molar-refractivity contribution < 1.29 is 22.4 Å². The zero-order valence-electron chi connectivity index (χ0n) is 24.5. The van der Waals surface area contributed by atoms with Crippen molar-refractivity contribution in [1.82, 2.24) is 0 Å². The van der Waals surface area contributed by atoms with Gasteiger partial charge in [0.2, 0.25) is 9.04 Å². The Morgan fingerprint density at radius 2 is 1.62 bits per heavy atom. The maximum absolute atomic E-state index is 13.2. The molecule has 0 spiro atoms. The van der Waals surface area contributed by atoms with Gasteiger partial charge in [-0.1, -0.05) is 51.1 Å². The first kappa shape index (κ1) is 29.2. The molecule has 0 radical (unpaired) electrons. The average Bonchev–Trinajstić information content (AvgIpc) is 2.85. The summed E-state index contributed by atoms with van der Waals surface area (Å²) in [5.74, 6) is 3.59. The zero-order valence-corrected chi connectivity index (χ0v) is 25.7.